The highest BCUT2D eigenvalue weighted by atomic mass is 16.5. The highest BCUT2D eigenvalue weighted by Crippen LogP contribution is 2.23. The number of carbonyl (C=O) groups is 3. The van der Waals surface area contributed by atoms with Crippen LogP contribution in [-0.2, 0) is 9.53 Å². The Hall–Kier alpha value is -3.35. The molecule has 0 heterocycles. The van der Waals surface area contributed by atoms with Gasteiger partial charge in [-0.2, -0.15) is 0 Å². The molecular formula is C18H17NO6. The summed E-state index contributed by atoms with van der Waals surface area (Å²) in [6.45, 7) is 0.922. The Morgan fingerprint density at radius 1 is 1.08 bits per heavy atom. The van der Waals surface area contributed by atoms with Gasteiger partial charge in [-0.15, -0.1) is 0 Å². The van der Waals surface area contributed by atoms with Crippen LogP contribution in [0.5, 0.6) is 11.5 Å². The Bertz CT molecular complexity index is 798. The summed E-state index contributed by atoms with van der Waals surface area (Å²) in [6, 6.07) is 10.4. The molecule has 2 N–H and O–H groups in total. The molecule has 0 atom stereocenters. The molecule has 0 aromatic heterocycles. The number of ketones is 1. The molecule has 130 valence electrons. The van der Waals surface area contributed by atoms with Gasteiger partial charge in [0.1, 0.15) is 17.1 Å². The van der Waals surface area contributed by atoms with Gasteiger partial charge in [0.25, 0.3) is 5.91 Å². The Morgan fingerprint density at radius 2 is 1.76 bits per heavy atom. The fraction of sp³-hybridized carbons (Fsp3) is 0.167. The van der Waals surface area contributed by atoms with Crippen molar-refractivity contribution in [2.75, 3.05) is 19.0 Å². The van der Waals surface area contributed by atoms with Crippen molar-refractivity contribution in [3.05, 3.63) is 53.6 Å². The van der Waals surface area contributed by atoms with Crippen molar-refractivity contribution in [1.29, 1.82) is 0 Å². The number of nitrogens with one attached hydrogen (secondary N) is 1. The quantitative estimate of drug-likeness (QED) is 0.617. The van der Waals surface area contributed by atoms with Crippen LogP contribution in [0.3, 0.4) is 0 Å². The molecule has 2 aromatic rings. The first-order chi connectivity index (χ1) is 11.9. The molecule has 1 amide bonds. The predicted octanol–water partition coefficient (Wildman–Crippen LogP) is 2.40. The molecule has 0 aliphatic rings. The summed E-state index contributed by atoms with van der Waals surface area (Å²) in [5.74, 6) is -1.37. The minimum Gasteiger partial charge on any atom is -0.507 e. The van der Waals surface area contributed by atoms with Crippen LogP contribution in [0.25, 0.3) is 0 Å². The second kappa shape index (κ2) is 7.96. The molecule has 7 nitrogen and oxygen atoms in total. The number of hydrogen-bond donors (Lipinski definition) is 2. The molecule has 0 bridgehead atoms. The smallest absolute Gasteiger partial charge is 0.342 e. The van der Waals surface area contributed by atoms with E-state index in [4.69, 9.17) is 9.47 Å². The van der Waals surface area contributed by atoms with Crippen LogP contribution in [0.15, 0.2) is 42.5 Å². The number of esters is 1. The minimum absolute atomic E-state index is 0.0788. The minimum atomic E-state index is -0.849. The van der Waals surface area contributed by atoms with Gasteiger partial charge < -0.3 is 19.9 Å². The second-order valence-corrected chi connectivity index (χ2v) is 5.14. The van der Waals surface area contributed by atoms with Crippen LogP contribution < -0.4 is 10.1 Å². The number of hydrogen-bond acceptors (Lipinski definition) is 6. The molecule has 25 heavy (non-hydrogen) atoms. The number of phenolic OH excluding ortho intramolecular Hbond substituents is 1. The van der Waals surface area contributed by atoms with Gasteiger partial charge in [0.05, 0.1) is 7.11 Å². The van der Waals surface area contributed by atoms with Crippen LogP contribution in [0.4, 0.5) is 5.69 Å². The number of ether oxygens (including phenoxy) is 2. The molecule has 0 fully saturated rings. The Balaban J connectivity index is 1.93. The topological polar surface area (TPSA) is 102 Å². The summed E-state index contributed by atoms with van der Waals surface area (Å²) < 4.78 is 9.85. The lowest BCUT2D eigenvalue weighted by molar-refractivity contribution is -0.119. The normalized spacial score (nSPS) is 10.0. The maximum atomic E-state index is 12.0. The number of carbonyl (C=O) groups excluding carboxylic acids is 3. The number of aromatic hydroxyl groups is 1. The van der Waals surface area contributed by atoms with Crippen molar-refractivity contribution in [3.8, 4) is 11.5 Å². The number of Topliss-reactive ketones (excluding diaryl/α,β-unsaturated/α-hetero) is 1. The summed E-state index contributed by atoms with van der Waals surface area (Å²) in [7, 11) is 1.42. The van der Waals surface area contributed by atoms with Crippen molar-refractivity contribution in [3.63, 3.8) is 0 Å². The van der Waals surface area contributed by atoms with Crippen molar-refractivity contribution in [1.82, 2.24) is 0 Å². The number of methoxy groups -OCH3 is 1. The molecule has 2 aromatic carbocycles. The van der Waals surface area contributed by atoms with E-state index in [-0.39, 0.29) is 17.1 Å². The van der Waals surface area contributed by atoms with Gasteiger partial charge in [-0.1, -0.05) is 0 Å². The molecule has 0 saturated heterocycles. The number of phenols is 1. The van der Waals surface area contributed by atoms with E-state index in [1.54, 1.807) is 24.3 Å². The number of rotatable bonds is 6. The predicted molar refractivity (Wildman–Crippen MR) is 90.0 cm³/mol. The van der Waals surface area contributed by atoms with Gasteiger partial charge in [-0.3, -0.25) is 9.59 Å². The highest BCUT2D eigenvalue weighted by Gasteiger charge is 2.15. The molecule has 7 heteroatoms. The van der Waals surface area contributed by atoms with E-state index in [0.717, 1.165) is 0 Å². The number of amides is 1. The maximum Gasteiger partial charge on any atom is 0.342 e. The summed E-state index contributed by atoms with van der Waals surface area (Å²) in [6.07, 6.45) is 0. The van der Waals surface area contributed by atoms with Crippen LogP contribution in [0.2, 0.25) is 0 Å². The third kappa shape index (κ3) is 4.81. The molecule has 0 unspecified atom stereocenters. The lowest BCUT2D eigenvalue weighted by Gasteiger charge is -2.09. The monoisotopic (exact) mass is 343 g/mol. The lowest BCUT2D eigenvalue weighted by atomic mass is 10.1. The van der Waals surface area contributed by atoms with Gasteiger partial charge in [-0.05, 0) is 49.4 Å². The second-order valence-electron chi connectivity index (χ2n) is 5.14. The zero-order valence-corrected chi connectivity index (χ0v) is 13.7. The summed E-state index contributed by atoms with van der Waals surface area (Å²) in [5.41, 5.74) is 0.895. The third-order valence-electron chi connectivity index (χ3n) is 3.33. The van der Waals surface area contributed by atoms with Crippen molar-refractivity contribution < 1.29 is 29.0 Å². The van der Waals surface area contributed by atoms with Gasteiger partial charge in [0, 0.05) is 11.3 Å². The van der Waals surface area contributed by atoms with Gasteiger partial charge >= 0.3 is 5.97 Å². The highest BCUT2D eigenvalue weighted by molar-refractivity contribution is 5.98. The molecule has 2 rings (SSSR count). The largest absolute Gasteiger partial charge is 0.507 e. The lowest BCUT2D eigenvalue weighted by Crippen LogP contribution is -2.21. The van der Waals surface area contributed by atoms with Crippen molar-refractivity contribution in [2.24, 2.45) is 0 Å². The standard InChI is InChI=1S/C18H17NO6/c1-11(20)12-3-5-13(6-4-12)19-17(22)10-25-18(23)15-9-14(24-2)7-8-16(15)21/h3-9,21H,10H2,1-2H3,(H,19,22). The van der Waals surface area contributed by atoms with Gasteiger partial charge in [-0.25, -0.2) is 4.79 Å². The SMILES string of the molecule is COc1ccc(O)c(C(=O)OCC(=O)Nc2ccc(C(C)=O)cc2)c1. The van der Waals surface area contributed by atoms with E-state index in [1.165, 1.54) is 32.2 Å². The van der Waals surface area contributed by atoms with E-state index in [0.29, 0.717) is 17.0 Å². The average Bonchev–Trinajstić information content (AvgIpc) is 2.60. The number of benzene rings is 2. The van der Waals surface area contributed by atoms with Crippen LogP contribution in [0.1, 0.15) is 27.6 Å². The zero-order valence-electron chi connectivity index (χ0n) is 13.7. The fourth-order valence-corrected chi connectivity index (χ4v) is 2.00. The molecular weight excluding hydrogens is 326 g/mol. The Labute approximate surface area is 144 Å². The van der Waals surface area contributed by atoms with Crippen molar-refractivity contribution >= 4 is 23.3 Å². The first-order valence-electron chi connectivity index (χ1n) is 7.35. The van der Waals surface area contributed by atoms with Gasteiger partial charge in [0.2, 0.25) is 0 Å². The van der Waals surface area contributed by atoms with E-state index < -0.39 is 18.5 Å². The summed E-state index contributed by atoms with van der Waals surface area (Å²) in [5, 5.41) is 12.2. The van der Waals surface area contributed by atoms with Crippen LogP contribution >= 0.6 is 0 Å². The van der Waals surface area contributed by atoms with Crippen LogP contribution in [-0.4, -0.2) is 36.5 Å². The van der Waals surface area contributed by atoms with E-state index >= 15 is 0 Å². The van der Waals surface area contributed by atoms with E-state index in [2.05, 4.69) is 5.32 Å². The molecule has 0 saturated carbocycles. The molecule has 0 radical (unpaired) electrons. The van der Waals surface area contributed by atoms with Gasteiger partial charge in [0.15, 0.2) is 12.4 Å². The Kier molecular flexibility index (Phi) is 5.73. The van der Waals surface area contributed by atoms with E-state index in [1.807, 2.05) is 0 Å². The summed E-state index contributed by atoms with van der Waals surface area (Å²) >= 11 is 0. The fourth-order valence-electron chi connectivity index (χ4n) is 2.00. The maximum absolute atomic E-state index is 12.0. The average molecular weight is 343 g/mol. The zero-order chi connectivity index (χ0) is 18.4. The number of anilines is 1. The summed E-state index contributed by atoms with van der Waals surface area (Å²) in [4.78, 5) is 35.0. The molecule has 0 aliphatic carbocycles. The van der Waals surface area contributed by atoms with Crippen molar-refractivity contribution in [2.45, 2.75) is 6.92 Å². The first kappa shape index (κ1) is 18.0. The Morgan fingerprint density at radius 3 is 2.36 bits per heavy atom. The van der Waals surface area contributed by atoms with Crippen LogP contribution in [0, 0.1) is 0 Å². The molecule has 0 aliphatic heterocycles. The molecule has 0 spiro atoms. The third-order valence-corrected chi connectivity index (χ3v) is 3.33. The van der Waals surface area contributed by atoms with E-state index in [9.17, 15) is 19.5 Å². The first-order valence-corrected chi connectivity index (χ1v) is 7.35.